The van der Waals surface area contributed by atoms with Crippen LogP contribution in [-0.4, -0.2) is 11.5 Å². The van der Waals surface area contributed by atoms with Gasteiger partial charge in [0.2, 0.25) is 0 Å². The summed E-state index contributed by atoms with van der Waals surface area (Å²) in [5.74, 6) is 2.69. The average molecular weight is 246 g/mol. The molecule has 0 aromatic heterocycles. The monoisotopic (exact) mass is 246 g/mol. The maximum absolute atomic E-state index is 10.6. The van der Waals surface area contributed by atoms with E-state index in [0.717, 1.165) is 30.0 Å². The number of fused-ring (bicyclic) bond motifs is 2. The summed E-state index contributed by atoms with van der Waals surface area (Å²) in [7, 11) is 0. The van der Waals surface area contributed by atoms with Crippen molar-refractivity contribution in [3.8, 4) is 0 Å². The molecular weight excluding hydrogens is 228 g/mol. The van der Waals surface area contributed by atoms with Crippen molar-refractivity contribution in [2.45, 2.75) is 25.7 Å². The van der Waals surface area contributed by atoms with Gasteiger partial charge in [-0.2, -0.15) is 0 Å². The molecule has 0 amide bonds. The molecule has 0 radical (unpaired) electrons. The summed E-state index contributed by atoms with van der Waals surface area (Å²) in [6.45, 7) is 1.01. The Kier molecular flexibility index (Phi) is 2.94. The van der Waals surface area contributed by atoms with Gasteiger partial charge in [0, 0.05) is 24.4 Å². The SMILES string of the molecule is O=[N+]([O-])c1ccc(NCC2CC3CCC2C3)cc1. The second kappa shape index (κ2) is 4.59. The van der Waals surface area contributed by atoms with Crippen molar-refractivity contribution in [3.63, 3.8) is 0 Å². The molecular formula is C14H18N2O2. The summed E-state index contributed by atoms with van der Waals surface area (Å²) >= 11 is 0. The molecule has 18 heavy (non-hydrogen) atoms. The summed E-state index contributed by atoms with van der Waals surface area (Å²) in [6, 6.07) is 6.71. The lowest BCUT2D eigenvalue weighted by molar-refractivity contribution is -0.384. The molecule has 4 heteroatoms. The number of rotatable bonds is 4. The molecule has 96 valence electrons. The van der Waals surface area contributed by atoms with Gasteiger partial charge in [-0.25, -0.2) is 0 Å². The van der Waals surface area contributed by atoms with Crippen LogP contribution in [0.25, 0.3) is 0 Å². The number of nitro groups is 1. The van der Waals surface area contributed by atoms with E-state index in [1.54, 1.807) is 24.3 Å². The van der Waals surface area contributed by atoms with Gasteiger partial charge in [0.1, 0.15) is 0 Å². The van der Waals surface area contributed by atoms with Crippen molar-refractivity contribution in [1.82, 2.24) is 0 Å². The van der Waals surface area contributed by atoms with E-state index in [2.05, 4.69) is 5.32 Å². The molecule has 2 aliphatic rings. The van der Waals surface area contributed by atoms with E-state index in [1.807, 2.05) is 0 Å². The van der Waals surface area contributed by atoms with Crippen LogP contribution in [0.4, 0.5) is 11.4 Å². The van der Waals surface area contributed by atoms with E-state index >= 15 is 0 Å². The first kappa shape index (κ1) is 11.5. The Hall–Kier alpha value is -1.58. The van der Waals surface area contributed by atoms with Crippen molar-refractivity contribution in [1.29, 1.82) is 0 Å². The Bertz CT molecular complexity index is 444. The molecule has 3 atom stereocenters. The molecule has 2 fully saturated rings. The lowest BCUT2D eigenvalue weighted by Gasteiger charge is -2.22. The van der Waals surface area contributed by atoms with Gasteiger partial charge in [-0.15, -0.1) is 0 Å². The van der Waals surface area contributed by atoms with Gasteiger partial charge in [-0.1, -0.05) is 6.42 Å². The van der Waals surface area contributed by atoms with E-state index in [0.29, 0.717) is 0 Å². The molecule has 1 aromatic carbocycles. The van der Waals surface area contributed by atoms with Crippen LogP contribution in [-0.2, 0) is 0 Å². The first-order chi connectivity index (χ1) is 8.72. The van der Waals surface area contributed by atoms with Gasteiger partial charge in [0.25, 0.3) is 5.69 Å². The summed E-state index contributed by atoms with van der Waals surface area (Å²) in [4.78, 5) is 10.2. The smallest absolute Gasteiger partial charge is 0.269 e. The van der Waals surface area contributed by atoms with E-state index in [1.165, 1.54) is 25.7 Å². The van der Waals surface area contributed by atoms with Crippen molar-refractivity contribution in [2.24, 2.45) is 17.8 Å². The second-order valence-electron chi connectivity index (χ2n) is 5.62. The van der Waals surface area contributed by atoms with Crippen molar-refractivity contribution < 1.29 is 4.92 Å². The lowest BCUT2D eigenvalue weighted by atomic mass is 9.89. The molecule has 1 aromatic rings. The van der Waals surface area contributed by atoms with E-state index in [4.69, 9.17) is 0 Å². The highest BCUT2D eigenvalue weighted by molar-refractivity contribution is 5.48. The fourth-order valence-corrected chi connectivity index (χ4v) is 3.58. The third-order valence-corrected chi connectivity index (χ3v) is 4.53. The molecule has 3 rings (SSSR count). The zero-order valence-electron chi connectivity index (χ0n) is 10.3. The molecule has 4 nitrogen and oxygen atoms in total. The molecule has 3 unspecified atom stereocenters. The van der Waals surface area contributed by atoms with Crippen LogP contribution in [0.5, 0.6) is 0 Å². The van der Waals surface area contributed by atoms with Crippen LogP contribution in [0.15, 0.2) is 24.3 Å². The average Bonchev–Trinajstić information content (AvgIpc) is 2.99. The molecule has 0 aliphatic heterocycles. The van der Waals surface area contributed by atoms with Crippen molar-refractivity contribution in [3.05, 3.63) is 34.4 Å². The molecule has 2 bridgehead atoms. The zero-order valence-corrected chi connectivity index (χ0v) is 10.3. The van der Waals surface area contributed by atoms with Gasteiger partial charge < -0.3 is 5.32 Å². The Morgan fingerprint density at radius 1 is 1.22 bits per heavy atom. The van der Waals surface area contributed by atoms with Gasteiger partial charge in [-0.05, 0) is 49.1 Å². The minimum absolute atomic E-state index is 0.153. The predicted octanol–water partition coefficient (Wildman–Crippen LogP) is 3.44. The van der Waals surface area contributed by atoms with E-state index < -0.39 is 0 Å². The normalized spacial score (nSPS) is 29.4. The maximum atomic E-state index is 10.6. The fourth-order valence-electron chi connectivity index (χ4n) is 3.58. The summed E-state index contributed by atoms with van der Waals surface area (Å²) < 4.78 is 0. The number of non-ortho nitro benzene ring substituents is 1. The molecule has 0 spiro atoms. The highest BCUT2D eigenvalue weighted by Crippen LogP contribution is 2.48. The molecule has 0 heterocycles. The first-order valence-electron chi connectivity index (χ1n) is 6.70. The van der Waals surface area contributed by atoms with Crippen LogP contribution in [0, 0.1) is 27.9 Å². The maximum Gasteiger partial charge on any atom is 0.269 e. The van der Waals surface area contributed by atoms with Crippen LogP contribution in [0.3, 0.4) is 0 Å². The number of benzene rings is 1. The van der Waals surface area contributed by atoms with Crippen LogP contribution in [0.2, 0.25) is 0 Å². The van der Waals surface area contributed by atoms with Gasteiger partial charge in [0.15, 0.2) is 0 Å². The number of nitrogens with one attached hydrogen (secondary N) is 1. The van der Waals surface area contributed by atoms with E-state index in [-0.39, 0.29) is 10.6 Å². The standard InChI is InChI=1S/C14H18N2O2/c17-16(18)14-5-3-13(4-6-14)15-9-12-8-10-1-2-11(12)7-10/h3-6,10-12,15H,1-2,7-9H2. The lowest BCUT2D eigenvalue weighted by Crippen LogP contribution is -2.20. The van der Waals surface area contributed by atoms with Gasteiger partial charge in [-0.3, -0.25) is 10.1 Å². The van der Waals surface area contributed by atoms with Crippen molar-refractivity contribution in [2.75, 3.05) is 11.9 Å². The first-order valence-corrected chi connectivity index (χ1v) is 6.70. The fraction of sp³-hybridized carbons (Fsp3) is 0.571. The topological polar surface area (TPSA) is 55.2 Å². The van der Waals surface area contributed by atoms with Gasteiger partial charge in [0.05, 0.1) is 4.92 Å². The molecule has 2 saturated carbocycles. The highest BCUT2D eigenvalue weighted by Gasteiger charge is 2.38. The Labute approximate surface area is 107 Å². The Balaban J connectivity index is 1.55. The summed E-state index contributed by atoms with van der Waals surface area (Å²) in [6.07, 6.45) is 5.62. The largest absolute Gasteiger partial charge is 0.385 e. The third-order valence-electron chi connectivity index (χ3n) is 4.53. The number of nitro benzene ring substituents is 1. The third kappa shape index (κ3) is 2.19. The zero-order chi connectivity index (χ0) is 12.5. The minimum atomic E-state index is -0.361. The number of hydrogen-bond donors (Lipinski definition) is 1. The van der Waals surface area contributed by atoms with E-state index in [9.17, 15) is 10.1 Å². The summed E-state index contributed by atoms with van der Waals surface area (Å²) in [5.41, 5.74) is 1.14. The Morgan fingerprint density at radius 3 is 2.56 bits per heavy atom. The van der Waals surface area contributed by atoms with Gasteiger partial charge >= 0.3 is 0 Å². The van der Waals surface area contributed by atoms with Crippen LogP contribution >= 0.6 is 0 Å². The number of nitrogens with zero attached hydrogens (tertiary/aromatic N) is 1. The highest BCUT2D eigenvalue weighted by atomic mass is 16.6. The molecule has 0 saturated heterocycles. The quantitative estimate of drug-likeness (QED) is 0.654. The number of anilines is 1. The summed E-state index contributed by atoms with van der Waals surface area (Å²) in [5, 5.41) is 14.0. The number of hydrogen-bond acceptors (Lipinski definition) is 3. The predicted molar refractivity (Wildman–Crippen MR) is 70.5 cm³/mol. The minimum Gasteiger partial charge on any atom is -0.385 e. The van der Waals surface area contributed by atoms with Crippen LogP contribution in [0.1, 0.15) is 25.7 Å². The van der Waals surface area contributed by atoms with Crippen LogP contribution < -0.4 is 5.32 Å². The molecule has 2 aliphatic carbocycles. The Morgan fingerprint density at radius 2 is 2.00 bits per heavy atom. The van der Waals surface area contributed by atoms with Crippen molar-refractivity contribution >= 4 is 11.4 Å². The second-order valence-corrected chi connectivity index (χ2v) is 5.62. The molecule has 1 N–H and O–H groups in total.